The SMILES string of the molecule is CC/C(C(=O)O)=C(/CC1CO1)C(=O)O. The Morgan fingerprint density at radius 3 is 2.07 bits per heavy atom. The highest BCUT2D eigenvalue weighted by atomic mass is 16.6. The van der Waals surface area contributed by atoms with Crippen molar-refractivity contribution in [1.29, 1.82) is 0 Å². The summed E-state index contributed by atoms with van der Waals surface area (Å²) < 4.78 is 4.87. The van der Waals surface area contributed by atoms with E-state index >= 15 is 0 Å². The van der Waals surface area contributed by atoms with Crippen LogP contribution in [-0.4, -0.2) is 34.9 Å². The number of ether oxygens (including phenoxy) is 1. The molecule has 5 heteroatoms. The Morgan fingerprint density at radius 2 is 1.79 bits per heavy atom. The first-order valence-electron chi connectivity index (χ1n) is 4.36. The molecule has 0 bridgehead atoms. The van der Waals surface area contributed by atoms with E-state index in [1.54, 1.807) is 6.92 Å². The average Bonchev–Trinajstić information content (AvgIpc) is 2.86. The molecule has 0 aromatic rings. The third kappa shape index (κ3) is 2.56. The molecule has 0 spiro atoms. The van der Waals surface area contributed by atoms with Gasteiger partial charge in [0.25, 0.3) is 0 Å². The normalized spacial score (nSPS) is 21.4. The molecule has 5 nitrogen and oxygen atoms in total. The molecule has 1 heterocycles. The van der Waals surface area contributed by atoms with E-state index in [9.17, 15) is 9.59 Å². The van der Waals surface area contributed by atoms with Crippen molar-refractivity contribution in [3.8, 4) is 0 Å². The van der Waals surface area contributed by atoms with Crippen molar-refractivity contribution in [2.45, 2.75) is 25.9 Å². The summed E-state index contributed by atoms with van der Waals surface area (Å²) in [6.07, 6.45) is 0.288. The average molecular weight is 200 g/mol. The number of carboxylic acid groups (broad SMARTS) is 2. The van der Waals surface area contributed by atoms with E-state index in [1.807, 2.05) is 0 Å². The van der Waals surface area contributed by atoms with Crippen LogP contribution < -0.4 is 0 Å². The lowest BCUT2D eigenvalue weighted by molar-refractivity contribution is -0.136. The predicted octanol–water partition coefficient (Wildman–Crippen LogP) is 0.651. The van der Waals surface area contributed by atoms with Crippen molar-refractivity contribution >= 4 is 11.9 Å². The quantitative estimate of drug-likeness (QED) is 0.502. The first-order chi connectivity index (χ1) is 6.56. The number of epoxide rings is 1. The van der Waals surface area contributed by atoms with Gasteiger partial charge in [0.15, 0.2) is 0 Å². The van der Waals surface area contributed by atoms with E-state index in [4.69, 9.17) is 14.9 Å². The van der Waals surface area contributed by atoms with Crippen molar-refractivity contribution < 1.29 is 24.5 Å². The monoisotopic (exact) mass is 200 g/mol. The topological polar surface area (TPSA) is 87.1 Å². The van der Waals surface area contributed by atoms with Crippen molar-refractivity contribution in [2.75, 3.05) is 6.61 Å². The van der Waals surface area contributed by atoms with Gasteiger partial charge in [-0.25, -0.2) is 9.59 Å². The van der Waals surface area contributed by atoms with Gasteiger partial charge < -0.3 is 14.9 Å². The first-order valence-corrected chi connectivity index (χ1v) is 4.36. The molecule has 0 aromatic heterocycles. The molecule has 0 saturated carbocycles. The number of carboxylic acids is 2. The van der Waals surface area contributed by atoms with Gasteiger partial charge in [-0.2, -0.15) is 0 Å². The summed E-state index contributed by atoms with van der Waals surface area (Å²) in [4.78, 5) is 21.5. The summed E-state index contributed by atoms with van der Waals surface area (Å²) in [5, 5.41) is 17.6. The highest BCUT2D eigenvalue weighted by Gasteiger charge is 2.29. The molecule has 1 fully saturated rings. The fourth-order valence-corrected chi connectivity index (χ4v) is 1.25. The second kappa shape index (κ2) is 4.23. The second-order valence-corrected chi connectivity index (χ2v) is 3.08. The predicted molar refractivity (Wildman–Crippen MR) is 46.9 cm³/mol. The summed E-state index contributed by atoms with van der Waals surface area (Å²) >= 11 is 0. The van der Waals surface area contributed by atoms with E-state index in [2.05, 4.69) is 0 Å². The standard InChI is InChI=1S/C9H12O5/c1-2-6(8(10)11)7(9(12)13)3-5-4-14-5/h5H,2-4H2,1H3,(H,10,11)(H,12,13)/b7-6+. The highest BCUT2D eigenvalue weighted by molar-refractivity contribution is 5.98. The molecule has 1 unspecified atom stereocenters. The van der Waals surface area contributed by atoms with Crippen molar-refractivity contribution in [3.63, 3.8) is 0 Å². The minimum absolute atomic E-state index is 0.0343. The van der Waals surface area contributed by atoms with Gasteiger partial charge in [-0.05, 0) is 6.42 Å². The van der Waals surface area contributed by atoms with Gasteiger partial charge in [0.05, 0.1) is 18.3 Å². The molecule has 2 N–H and O–H groups in total. The molecule has 0 aromatic carbocycles. The Morgan fingerprint density at radius 1 is 1.29 bits per heavy atom. The van der Waals surface area contributed by atoms with Crippen LogP contribution in [0.5, 0.6) is 0 Å². The number of hydrogen-bond donors (Lipinski definition) is 2. The van der Waals surface area contributed by atoms with Crippen molar-refractivity contribution in [1.82, 2.24) is 0 Å². The van der Waals surface area contributed by atoms with Crippen LogP contribution in [0.15, 0.2) is 11.1 Å². The van der Waals surface area contributed by atoms with Gasteiger partial charge in [-0.3, -0.25) is 0 Å². The Balaban J connectivity index is 2.89. The first kappa shape index (κ1) is 10.7. The molecule has 0 aliphatic carbocycles. The van der Waals surface area contributed by atoms with Gasteiger partial charge in [0.1, 0.15) is 0 Å². The number of carbonyl (C=O) groups is 2. The molecule has 1 atom stereocenters. The molecule has 78 valence electrons. The van der Waals surface area contributed by atoms with Crippen molar-refractivity contribution in [3.05, 3.63) is 11.1 Å². The minimum Gasteiger partial charge on any atom is -0.478 e. The van der Waals surface area contributed by atoms with Crippen molar-refractivity contribution in [2.24, 2.45) is 0 Å². The van der Waals surface area contributed by atoms with Crippen LogP contribution in [-0.2, 0) is 14.3 Å². The van der Waals surface area contributed by atoms with E-state index < -0.39 is 11.9 Å². The molecule has 1 aliphatic rings. The molecular formula is C9H12O5. The third-order valence-electron chi connectivity index (χ3n) is 2.07. The van der Waals surface area contributed by atoms with Gasteiger partial charge >= 0.3 is 11.9 Å². The molecular weight excluding hydrogens is 188 g/mol. The maximum atomic E-state index is 10.8. The smallest absolute Gasteiger partial charge is 0.332 e. The Kier molecular flexibility index (Phi) is 3.24. The van der Waals surface area contributed by atoms with E-state index in [0.717, 1.165) is 0 Å². The molecule has 1 saturated heterocycles. The third-order valence-corrected chi connectivity index (χ3v) is 2.07. The molecule has 14 heavy (non-hydrogen) atoms. The van der Waals surface area contributed by atoms with E-state index in [-0.39, 0.29) is 30.1 Å². The number of aliphatic carboxylic acids is 2. The maximum Gasteiger partial charge on any atom is 0.332 e. The molecule has 0 amide bonds. The Bertz CT molecular complexity index is 288. The summed E-state index contributed by atoms with van der Waals surface area (Å²) in [6.45, 7) is 2.15. The zero-order valence-corrected chi connectivity index (χ0v) is 7.82. The lowest BCUT2D eigenvalue weighted by atomic mass is 10.0. The minimum atomic E-state index is -1.17. The summed E-state index contributed by atoms with van der Waals surface area (Å²) in [7, 11) is 0. The zero-order chi connectivity index (χ0) is 10.7. The number of hydrogen-bond acceptors (Lipinski definition) is 3. The fourth-order valence-electron chi connectivity index (χ4n) is 1.25. The van der Waals surface area contributed by atoms with Crippen LogP contribution in [0.1, 0.15) is 19.8 Å². The van der Waals surface area contributed by atoms with Crippen LogP contribution in [0, 0.1) is 0 Å². The molecule has 1 aliphatic heterocycles. The summed E-state index contributed by atoms with van der Waals surface area (Å²) in [5.41, 5.74) is -0.0736. The van der Waals surface area contributed by atoms with Gasteiger partial charge in [-0.1, -0.05) is 6.92 Å². The fraction of sp³-hybridized carbons (Fsp3) is 0.556. The molecule has 0 radical (unpaired) electrons. The summed E-state index contributed by atoms with van der Waals surface area (Å²) in [5.74, 6) is -2.33. The van der Waals surface area contributed by atoms with E-state index in [1.165, 1.54) is 0 Å². The van der Waals surface area contributed by atoms with Crippen LogP contribution in [0.4, 0.5) is 0 Å². The van der Waals surface area contributed by atoms with Crippen LogP contribution >= 0.6 is 0 Å². The van der Waals surface area contributed by atoms with E-state index in [0.29, 0.717) is 6.61 Å². The largest absolute Gasteiger partial charge is 0.478 e. The summed E-state index contributed by atoms with van der Waals surface area (Å²) in [6, 6.07) is 0. The zero-order valence-electron chi connectivity index (χ0n) is 7.82. The van der Waals surface area contributed by atoms with Crippen LogP contribution in [0.3, 0.4) is 0 Å². The second-order valence-electron chi connectivity index (χ2n) is 3.08. The Hall–Kier alpha value is -1.36. The lowest BCUT2D eigenvalue weighted by Gasteiger charge is -2.04. The van der Waals surface area contributed by atoms with Gasteiger partial charge in [0.2, 0.25) is 0 Å². The van der Waals surface area contributed by atoms with Crippen LogP contribution in [0.25, 0.3) is 0 Å². The molecule has 1 rings (SSSR count). The van der Waals surface area contributed by atoms with Gasteiger partial charge in [0, 0.05) is 12.0 Å². The number of rotatable bonds is 5. The lowest BCUT2D eigenvalue weighted by Crippen LogP contribution is -2.12. The highest BCUT2D eigenvalue weighted by Crippen LogP contribution is 2.23. The van der Waals surface area contributed by atoms with Gasteiger partial charge in [-0.15, -0.1) is 0 Å². The Labute approximate surface area is 81.0 Å². The maximum absolute atomic E-state index is 10.8. The van der Waals surface area contributed by atoms with Crippen LogP contribution in [0.2, 0.25) is 0 Å².